The molecule has 0 aliphatic carbocycles. The molecule has 0 spiro atoms. The normalized spacial score (nSPS) is 11.8. The Bertz CT molecular complexity index is 422. The van der Waals surface area contributed by atoms with E-state index in [1.165, 1.54) is 0 Å². The van der Waals surface area contributed by atoms with Gasteiger partial charge in [0, 0.05) is 12.6 Å². The number of alkyl halides is 5. The summed E-state index contributed by atoms with van der Waals surface area (Å²) in [4.78, 5) is 3.08. The quantitative estimate of drug-likeness (QED) is 0.855. The maximum absolute atomic E-state index is 12.4. The van der Waals surface area contributed by atoms with E-state index in [1.807, 2.05) is 0 Å². The topological polar surface area (TPSA) is 57.4 Å². The van der Waals surface area contributed by atoms with E-state index < -0.39 is 30.9 Å². The van der Waals surface area contributed by atoms with Gasteiger partial charge in [-0.15, -0.1) is 13.2 Å². The second-order valence-electron chi connectivity index (χ2n) is 3.09. The number of nitrogens with zero attached hydrogens (tertiary/aromatic N) is 1. The van der Waals surface area contributed by atoms with Crippen LogP contribution in [-0.4, -0.2) is 18.5 Å². The Balaban J connectivity index is 3.31. The highest BCUT2D eigenvalue weighted by atomic mass is 19.4. The first-order valence-corrected chi connectivity index (χ1v) is 4.60. The lowest BCUT2D eigenvalue weighted by molar-refractivity contribution is -0.276. The first kappa shape index (κ1) is 14.4. The van der Waals surface area contributed by atoms with Gasteiger partial charge in [0.25, 0.3) is 6.43 Å². The molecule has 18 heavy (non-hydrogen) atoms. The van der Waals surface area contributed by atoms with Crippen LogP contribution in [0.1, 0.15) is 17.7 Å². The molecule has 1 aromatic heterocycles. The van der Waals surface area contributed by atoms with Gasteiger partial charge in [-0.3, -0.25) is 0 Å². The van der Waals surface area contributed by atoms with Crippen LogP contribution >= 0.6 is 0 Å². The number of halogens is 5. The van der Waals surface area contributed by atoms with Crippen LogP contribution in [0.2, 0.25) is 0 Å². The van der Waals surface area contributed by atoms with Crippen LogP contribution in [0, 0.1) is 0 Å². The average molecular weight is 272 g/mol. The minimum atomic E-state index is -5.05. The number of hydrogen-bond donors (Lipinski definition) is 1. The van der Waals surface area contributed by atoms with Gasteiger partial charge in [-0.05, 0) is 0 Å². The largest absolute Gasteiger partial charge is 0.574 e. The van der Waals surface area contributed by atoms with Crippen molar-refractivity contribution in [1.82, 2.24) is 4.98 Å². The number of aromatic nitrogens is 1. The van der Waals surface area contributed by atoms with Gasteiger partial charge in [-0.1, -0.05) is 0 Å². The predicted octanol–water partition coefficient (Wildman–Crippen LogP) is 2.39. The van der Waals surface area contributed by atoms with E-state index in [2.05, 4.69) is 14.5 Å². The lowest BCUT2D eigenvalue weighted by Gasteiger charge is -2.15. The van der Waals surface area contributed by atoms with Gasteiger partial charge in [-0.2, -0.15) is 0 Å². The van der Waals surface area contributed by atoms with Crippen LogP contribution in [0.4, 0.5) is 22.0 Å². The molecule has 1 aromatic rings. The van der Waals surface area contributed by atoms with Gasteiger partial charge in [0.15, 0.2) is 0 Å². The molecule has 1 rings (SSSR count). The summed E-state index contributed by atoms with van der Waals surface area (Å²) in [6.07, 6.45) is -8.11. The van der Waals surface area contributed by atoms with Crippen LogP contribution in [0.5, 0.6) is 11.6 Å². The van der Waals surface area contributed by atoms with Gasteiger partial charge in [0.2, 0.25) is 5.88 Å². The molecule has 0 unspecified atom stereocenters. The van der Waals surface area contributed by atoms with Crippen molar-refractivity contribution in [3.05, 3.63) is 17.3 Å². The monoisotopic (exact) mass is 272 g/mol. The molecule has 2 N–H and O–H groups in total. The van der Waals surface area contributed by atoms with Gasteiger partial charge in [0.05, 0.1) is 12.7 Å². The number of rotatable bonds is 4. The minimum Gasteiger partial charge on any atom is -0.496 e. The van der Waals surface area contributed by atoms with Crippen molar-refractivity contribution in [3.8, 4) is 11.6 Å². The first-order valence-electron chi connectivity index (χ1n) is 4.60. The average Bonchev–Trinajstić information content (AvgIpc) is 2.25. The summed E-state index contributed by atoms with van der Waals surface area (Å²) in [5, 5.41) is 0. The minimum absolute atomic E-state index is 0.234. The Morgan fingerprint density at radius 2 is 2.00 bits per heavy atom. The third-order valence-corrected chi connectivity index (χ3v) is 1.93. The maximum atomic E-state index is 12.4. The van der Waals surface area contributed by atoms with E-state index in [1.54, 1.807) is 0 Å². The fraction of sp³-hybridized carbons (Fsp3) is 0.444. The highest BCUT2D eigenvalue weighted by Gasteiger charge is 2.34. The van der Waals surface area contributed by atoms with Crippen LogP contribution in [-0.2, 0) is 6.54 Å². The Labute approximate surface area is 98.5 Å². The van der Waals surface area contributed by atoms with Gasteiger partial charge >= 0.3 is 6.36 Å². The molecule has 0 aliphatic rings. The summed E-state index contributed by atoms with van der Waals surface area (Å²) in [7, 11) is 1.11. The third kappa shape index (κ3) is 3.42. The molecule has 0 amide bonds. The van der Waals surface area contributed by atoms with Gasteiger partial charge in [-0.25, -0.2) is 13.8 Å². The van der Waals surface area contributed by atoms with Crippen molar-refractivity contribution in [1.29, 1.82) is 0 Å². The molecule has 0 fully saturated rings. The van der Waals surface area contributed by atoms with E-state index >= 15 is 0 Å². The van der Waals surface area contributed by atoms with E-state index in [0.717, 1.165) is 13.2 Å². The predicted molar refractivity (Wildman–Crippen MR) is 50.3 cm³/mol. The van der Waals surface area contributed by atoms with Crippen LogP contribution in [0.25, 0.3) is 0 Å². The van der Waals surface area contributed by atoms with E-state index in [0.29, 0.717) is 0 Å². The molecule has 0 saturated carbocycles. The van der Waals surface area contributed by atoms with Gasteiger partial charge < -0.3 is 15.2 Å². The summed E-state index contributed by atoms with van der Waals surface area (Å²) in [5.74, 6) is -1.26. The highest BCUT2D eigenvalue weighted by Crippen LogP contribution is 2.33. The summed E-state index contributed by atoms with van der Waals surface area (Å²) in [6.45, 7) is -0.398. The van der Waals surface area contributed by atoms with Crippen molar-refractivity contribution < 1.29 is 31.4 Å². The summed E-state index contributed by atoms with van der Waals surface area (Å²) >= 11 is 0. The lowest BCUT2D eigenvalue weighted by atomic mass is 10.2. The Morgan fingerprint density at radius 3 is 2.39 bits per heavy atom. The van der Waals surface area contributed by atoms with Crippen molar-refractivity contribution in [2.75, 3.05) is 7.11 Å². The van der Waals surface area contributed by atoms with E-state index in [-0.39, 0.29) is 11.3 Å². The summed E-state index contributed by atoms with van der Waals surface area (Å²) in [5.41, 5.74) is 4.09. The number of methoxy groups -OCH3 is 1. The Hall–Kier alpha value is -1.64. The van der Waals surface area contributed by atoms with Crippen LogP contribution in [0.15, 0.2) is 6.07 Å². The molecular weight excluding hydrogens is 263 g/mol. The highest BCUT2D eigenvalue weighted by molar-refractivity contribution is 5.42. The Morgan fingerprint density at radius 1 is 1.39 bits per heavy atom. The number of hydrogen-bond acceptors (Lipinski definition) is 4. The van der Waals surface area contributed by atoms with E-state index in [4.69, 9.17) is 5.73 Å². The molecule has 9 heteroatoms. The maximum Gasteiger partial charge on any atom is 0.574 e. The standard InChI is InChI=1S/C9H9F5N2O2/c1-17-6-2-5(7(10)11)16-8(4(6)3-15)18-9(12,13)14/h2,7H,3,15H2,1H3. The van der Waals surface area contributed by atoms with Crippen molar-refractivity contribution in [3.63, 3.8) is 0 Å². The first-order chi connectivity index (χ1) is 8.28. The SMILES string of the molecule is COc1cc(C(F)F)nc(OC(F)(F)F)c1CN. The second-order valence-corrected chi connectivity index (χ2v) is 3.09. The lowest BCUT2D eigenvalue weighted by Crippen LogP contribution is -2.20. The van der Waals surface area contributed by atoms with Crippen molar-refractivity contribution in [2.45, 2.75) is 19.3 Å². The fourth-order valence-electron chi connectivity index (χ4n) is 1.22. The van der Waals surface area contributed by atoms with Crippen LogP contribution in [0.3, 0.4) is 0 Å². The molecule has 102 valence electrons. The zero-order valence-electron chi connectivity index (χ0n) is 9.09. The third-order valence-electron chi connectivity index (χ3n) is 1.93. The number of nitrogens with two attached hydrogens (primary N) is 1. The Kier molecular flexibility index (Phi) is 4.28. The fourth-order valence-corrected chi connectivity index (χ4v) is 1.22. The van der Waals surface area contributed by atoms with Crippen LogP contribution < -0.4 is 15.2 Å². The number of ether oxygens (including phenoxy) is 2. The van der Waals surface area contributed by atoms with Crippen molar-refractivity contribution >= 4 is 0 Å². The summed E-state index contributed by atoms with van der Waals surface area (Å²) < 4.78 is 69.4. The zero-order chi connectivity index (χ0) is 13.9. The molecule has 0 saturated heterocycles. The van der Waals surface area contributed by atoms with Crippen molar-refractivity contribution in [2.24, 2.45) is 5.73 Å². The molecule has 0 atom stereocenters. The molecule has 4 nitrogen and oxygen atoms in total. The molecule has 0 radical (unpaired) electrons. The molecule has 0 aliphatic heterocycles. The molecule has 0 bridgehead atoms. The number of pyridine rings is 1. The smallest absolute Gasteiger partial charge is 0.496 e. The second kappa shape index (κ2) is 5.34. The molecule has 1 heterocycles. The summed E-state index contributed by atoms with van der Waals surface area (Å²) in [6, 6.07) is 0.816. The molecular formula is C9H9F5N2O2. The zero-order valence-corrected chi connectivity index (χ0v) is 9.09. The molecule has 0 aromatic carbocycles. The van der Waals surface area contributed by atoms with E-state index in [9.17, 15) is 22.0 Å². The van der Waals surface area contributed by atoms with Gasteiger partial charge in [0.1, 0.15) is 11.4 Å².